The molecule has 0 saturated heterocycles. The standard InChI is InChI=1S/C4H6O2.C2H4O2.C2H2.CH4O/c1-3(2)4(5)6;1-2(3)4;2*1-2/h1H2,2H3,(H,5,6);1H3,(H,3,4);1-2H;2H,1H3. The monoisotopic (exact) mass is 204 g/mol. The van der Waals surface area contributed by atoms with Crippen LogP contribution in [-0.4, -0.2) is 34.4 Å². The third-order valence-electron chi connectivity index (χ3n) is 0.365. The molecule has 0 heterocycles. The van der Waals surface area contributed by atoms with Crippen molar-refractivity contribution in [2.45, 2.75) is 13.8 Å². The normalized spacial score (nSPS) is 5.57. The molecule has 5 nitrogen and oxygen atoms in total. The Morgan fingerprint density at radius 3 is 1.14 bits per heavy atom. The quantitative estimate of drug-likeness (QED) is 0.429. The van der Waals surface area contributed by atoms with Gasteiger partial charge in [0.15, 0.2) is 0 Å². The molecule has 0 fully saturated rings. The molecule has 3 N–H and O–H groups in total. The van der Waals surface area contributed by atoms with Crippen LogP contribution in [0.2, 0.25) is 0 Å². The van der Waals surface area contributed by atoms with Crippen molar-refractivity contribution >= 4 is 11.9 Å². The lowest BCUT2D eigenvalue weighted by molar-refractivity contribution is -0.134. The summed E-state index contributed by atoms with van der Waals surface area (Å²) in [6.45, 7) is 5.69. The predicted molar refractivity (Wildman–Crippen MR) is 53.8 cm³/mol. The summed E-state index contributed by atoms with van der Waals surface area (Å²) in [4.78, 5) is 18.6. The molecule has 0 atom stereocenters. The molecule has 14 heavy (non-hydrogen) atoms. The molecule has 0 rings (SSSR count). The number of hydrogen-bond acceptors (Lipinski definition) is 3. The van der Waals surface area contributed by atoms with E-state index < -0.39 is 11.9 Å². The van der Waals surface area contributed by atoms with Crippen molar-refractivity contribution in [1.29, 1.82) is 0 Å². The number of aliphatic carboxylic acids is 2. The maximum absolute atomic E-state index is 9.60. The fourth-order valence-corrected chi connectivity index (χ4v) is 0. The van der Waals surface area contributed by atoms with Crippen molar-refractivity contribution in [1.82, 2.24) is 0 Å². The van der Waals surface area contributed by atoms with E-state index in [1.165, 1.54) is 6.92 Å². The van der Waals surface area contributed by atoms with Gasteiger partial charge in [-0.15, -0.1) is 12.8 Å². The van der Waals surface area contributed by atoms with E-state index >= 15 is 0 Å². The molecule has 0 aromatic rings. The highest BCUT2D eigenvalue weighted by Crippen LogP contribution is 1.81. The van der Waals surface area contributed by atoms with Crippen LogP contribution in [0.5, 0.6) is 0 Å². The highest BCUT2D eigenvalue weighted by molar-refractivity contribution is 5.84. The predicted octanol–water partition coefficient (Wildman–Crippen LogP) is 0.596. The Bertz CT molecular complexity index is 165. The Balaban J connectivity index is -0.0000000546. The van der Waals surface area contributed by atoms with Crippen molar-refractivity contribution in [3.8, 4) is 12.8 Å². The van der Waals surface area contributed by atoms with Crippen LogP contribution < -0.4 is 0 Å². The summed E-state index contributed by atoms with van der Waals surface area (Å²) in [6, 6.07) is 0. The van der Waals surface area contributed by atoms with Gasteiger partial charge in [0, 0.05) is 19.6 Å². The molecule has 0 aliphatic rings. The van der Waals surface area contributed by atoms with Gasteiger partial charge in [0.2, 0.25) is 0 Å². The zero-order valence-electron chi connectivity index (χ0n) is 8.52. The van der Waals surface area contributed by atoms with Gasteiger partial charge in [0.25, 0.3) is 5.97 Å². The highest BCUT2D eigenvalue weighted by atomic mass is 16.4. The van der Waals surface area contributed by atoms with Crippen molar-refractivity contribution in [2.24, 2.45) is 0 Å². The molecule has 0 radical (unpaired) electrons. The summed E-state index contributed by atoms with van der Waals surface area (Å²) >= 11 is 0. The minimum atomic E-state index is -0.935. The maximum Gasteiger partial charge on any atom is 0.330 e. The molecular formula is C9H16O5. The van der Waals surface area contributed by atoms with E-state index in [0.717, 1.165) is 14.0 Å². The van der Waals surface area contributed by atoms with Crippen LogP contribution in [0.3, 0.4) is 0 Å². The van der Waals surface area contributed by atoms with Crippen LogP contribution >= 0.6 is 0 Å². The molecule has 0 unspecified atom stereocenters. The Morgan fingerprint density at radius 2 is 1.14 bits per heavy atom. The van der Waals surface area contributed by atoms with Crippen molar-refractivity contribution in [3.63, 3.8) is 0 Å². The summed E-state index contributed by atoms with van der Waals surface area (Å²) in [5.74, 6) is -1.77. The number of aliphatic hydroxyl groups excluding tert-OH is 1. The average Bonchev–Trinajstić information content (AvgIpc) is 2.10. The van der Waals surface area contributed by atoms with E-state index in [-0.39, 0.29) is 5.57 Å². The Labute approximate surface area is 83.7 Å². The second-order valence-corrected chi connectivity index (χ2v) is 1.60. The van der Waals surface area contributed by atoms with E-state index in [0.29, 0.717) is 0 Å². The average molecular weight is 204 g/mol. The van der Waals surface area contributed by atoms with Crippen molar-refractivity contribution in [3.05, 3.63) is 12.2 Å². The zero-order chi connectivity index (χ0) is 12.7. The van der Waals surface area contributed by atoms with Crippen LogP contribution in [0.4, 0.5) is 0 Å². The second kappa shape index (κ2) is 22.5. The van der Waals surface area contributed by atoms with E-state index in [1.54, 1.807) is 0 Å². The van der Waals surface area contributed by atoms with Gasteiger partial charge in [-0.05, 0) is 6.92 Å². The Morgan fingerprint density at radius 1 is 1.07 bits per heavy atom. The number of rotatable bonds is 1. The smallest absolute Gasteiger partial charge is 0.330 e. The molecule has 0 saturated carbocycles. The van der Waals surface area contributed by atoms with E-state index in [2.05, 4.69) is 19.4 Å². The number of aliphatic hydroxyl groups is 1. The summed E-state index contributed by atoms with van der Waals surface area (Å²) in [6.07, 6.45) is 8.00. The summed E-state index contributed by atoms with van der Waals surface area (Å²) in [5, 5.41) is 22.3. The maximum atomic E-state index is 9.60. The fourth-order valence-electron chi connectivity index (χ4n) is 0. The van der Waals surface area contributed by atoms with Gasteiger partial charge in [-0.3, -0.25) is 4.79 Å². The second-order valence-electron chi connectivity index (χ2n) is 1.60. The van der Waals surface area contributed by atoms with Crippen molar-refractivity contribution < 1.29 is 24.9 Å². The van der Waals surface area contributed by atoms with Crippen LogP contribution in [0.25, 0.3) is 0 Å². The van der Waals surface area contributed by atoms with Crippen LogP contribution in [0.15, 0.2) is 12.2 Å². The van der Waals surface area contributed by atoms with Crippen molar-refractivity contribution in [2.75, 3.05) is 7.11 Å². The largest absolute Gasteiger partial charge is 0.481 e. The molecule has 0 amide bonds. The molecule has 0 aliphatic heterocycles. The lowest BCUT2D eigenvalue weighted by atomic mass is 10.4. The first-order chi connectivity index (χ1) is 6.37. The molecule has 0 spiro atoms. The van der Waals surface area contributed by atoms with Gasteiger partial charge >= 0.3 is 5.97 Å². The fraction of sp³-hybridized carbons (Fsp3) is 0.333. The summed E-state index contributed by atoms with van der Waals surface area (Å²) in [7, 11) is 1.00. The lowest BCUT2D eigenvalue weighted by Gasteiger charge is -1.79. The lowest BCUT2D eigenvalue weighted by Crippen LogP contribution is -1.92. The first-order valence-corrected chi connectivity index (χ1v) is 3.24. The van der Waals surface area contributed by atoms with Gasteiger partial charge in [0.1, 0.15) is 0 Å². The Hall–Kier alpha value is -1.80. The van der Waals surface area contributed by atoms with E-state index in [1.807, 2.05) is 0 Å². The zero-order valence-corrected chi connectivity index (χ0v) is 8.52. The van der Waals surface area contributed by atoms with E-state index in [9.17, 15) is 4.79 Å². The molecule has 0 bridgehead atoms. The summed E-state index contributed by atoms with van der Waals surface area (Å²) < 4.78 is 0. The minimum Gasteiger partial charge on any atom is -0.481 e. The van der Waals surface area contributed by atoms with Gasteiger partial charge in [0.05, 0.1) is 0 Å². The molecule has 0 aliphatic carbocycles. The first-order valence-electron chi connectivity index (χ1n) is 3.24. The molecule has 0 aromatic carbocycles. The molecule has 5 heteroatoms. The third kappa shape index (κ3) is 178. The minimum absolute atomic E-state index is 0.176. The summed E-state index contributed by atoms with van der Waals surface area (Å²) in [5.41, 5.74) is 0.176. The molecule has 0 aromatic heterocycles. The molecular weight excluding hydrogens is 188 g/mol. The van der Waals surface area contributed by atoms with Gasteiger partial charge in [-0.25, -0.2) is 4.79 Å². The van der Waals surface area contributed by atoms with Crippen LogP contribution in [0, 0.1) is 12.8 Å². The van der Waals surface area contributed by atoms with E-state index in [4.69, 9.17) is 20.1 Å². The number of hydrogen-bond donors (Lipinski definition) is 3. The Kier molecular flexibility index (Phi) is 36.5. The number of carboxylic acids is 2. The SMILES string of the molecule is C#C.C=C(C)C(=O)O.CC(=O)O.CO. The topological polar surface area (TPSA) is 94.8 Å². The number of terminal acetylenes is 1. The number of carboxylic acid groups (broad SMARTS) is 2. The number of carbonyl (C=O) groups is 2. The van der Waals surface area contributed by atoms with Gasteiger partial charge in [-0.1, -0.05) is 6.58 Å². The van der Waals surface area contributed by atoms with Gasteiger partial charge < -0.3 is 15.3 Å². The van der Waals surface area contributed by atoms with Crippen LogP contribution in [-0.2, 0) is 9.59 Å². The molecule has 82 valence electrons. The first kappa shape index (κ1) is 22.8. The van der Waals surface area contributed by atoms with Gasteiger partial charge in [-0.2, -0.15) is 0 Å². The van der Waals surface area contributed by atoms with Crippen LogP contribution in [0.1, 0.15) is 13.8 Å². The highest BCUT2D eigenvalue weighted by Gasteiger charge is 1.90. The third-order valence-corrected chi connectivity index (χ3v) is 0.365.